The molecule has 0 aliphatic carbocycles. The van der Waals surface area contributed by atoms with Gasteiger partial charge < -0.3 is 19.9 Å². The van der Waals surface area contributed by atoms with Gasteiger partial charge in [-0.2, -0.15) is 0 Å². The van der Waals surface area contributed by atoms with Crippen molar-refractivity contribution >= 4 is 17.7 Å². The Labute approximate surface area is 141 Å². The van der Waals surface area contributed by atoms with Crippen LogP contribution in [0.4, 0.5) is 14.9 Å². The van der Waals surface area contributed by atoms with E-state index in [-0.39, 0.29) is 11.9 Å². The Bertz CT molecular complexity index is 607. The summed E-state index contributed by atoms with van der Waals surface area (Å²) in [6, 6.07) is 4.34. The molecular formula is C17H24FN3O3. The molecule has 1 aliphatic heterocycles. The highest BCUT2D eigenvalue weighted by Crippen LogP contribution is 2.20. The first kappa shape index (κ1) is 18.0. The van der Waals surface area contributed by atoms with Crippen LogP contribution in [0.1, 0.15) is 30.1 Å². The smallest absolute Gasteiger partial charge is 0.407 e. The summed E-state index contributed by atoms with van der Waals surface area (Å²) in [7, 11) is 3.49. The molecule has 1 fully saturated rings. The van der Waals surface area contributed by atoms with Crippen LogP contribution >= 0.6 is 0 Å². The molecule has 0 spiro atoms. The number of carbonyl (C=O) groups excluding carboxylic acids is 2. The summed E-state index contributed by atoms with van der Waals surface area (Å²) in [5.74, 6) is -0.654. The van der Waals surface area contributed by atoms with Gasteiger partial charge in [-0.15, -0.1) is 0 Å². The van der Waals surface area contributed by atoms with Gasteiger partial charge in [0.15, 0.2) is 0 Å². The third-order valence-corrected chi connectivity index (χ3v) is 3.98. The fourth-order valence-electron chi connectivity index (χ4n) is 2.80. The molecule has 1 heterocycles. The lowest BCUT2D eigenvalue weighted by Crippen LogP contribution is -2.49. The van der Waals surface area contributed by atoms with E-state index < -0.39 is 11.9 Å². The third-order valence-electron chi connectivity index (χ3n) is 3.98. The molecule has 0 bridgehead atoms. The van der Waals surface area contributed by atoms with E-state index in [1.807, 2.05) is 0 Å². The van der Waals surface area contributed by atoms with Crippen LogP contribution in [0.2, 0.25) is 0 Å². The average molecular weight is 337 g/mol. The van der Waals surface area contributed by atoms with Crippen LogP contribution in [-0.2, 0) is 4.74 Å². The number of likely N-dealkylation sites (tertiary alicyclic amines) is 1. The van der Waals surface area contributed by atoms with Crippen LogP contribution in [0.3, 0.4) is 0 Å². The minimum Gasteiger partial charge on any atom is -0.450 e. The van der Waals surface area contributed by atoms with Crippen molar-refractivity contribution in [3.63, 3.8) is 0 Å². The number of nitrogens with one attached hydrogen (secondary N) is 1. The predicted octanol–water partition coefficient (Wildman–Crippen LogP) is 2.24. The first-order valence-corrected chi connectivity index (χ1v) is 8.11. The molecule has 6 nitrogen and oxygen atoms in total. The molecule has 0 saturated carbocycles. The first-order chi connectivity index (χ1) is 11.4. The van der Waals surface area contributed by atoms with Crippen molar-refractivity contribution in [2.75, 3.05) is 38.7 Å². The Hall–Kier alpha value is -2.31. The number of piperidine rings is 1. The van der Waals surface area contributed by atoms with E-state index in [1.54, 1.807) is 43.0 Å². The molecule has 1 atom stereocenters. The van der Waals surface area contributed by atoms with Crippen molar-refractivity contribution in [1.82, 2.24) is 10.2 Å². The summed E-state index contributed by atoms with van der Waals surface area (Å²) in [5, 5.41) is 2.76. The van der Waals surface area contributed by atoms with Crippen molar-refractivity contribution in [1.29, 1.82) is 0 Å². The molecule has 1 saturated heterocycles. The lowest BCUT2D eigenvalue weighted by molar-refractivity contribution is 0.0685. The molecule has 2 amide bonds. The largest absolute Gasteiger partial charge is 0.450 e. The van der Waals surface area contributed by atoms with Gasteiger partial charge in [-0.1, -0.05) is 0 Å². The second-order valence-electron chi connectivity index (χ2n) is 6.02. The Kier molecular flexibility index (Phi) is 6.00. The Balaban J connectivity index is 2.03. The summed E-state index contributed by atoms with van der Waals surface area (Å²) >= 11 is 0. The standard InChI is InChI=1S/C17H24FN3O3/c1-4-24-17(23)19-13-6-5-9-21(11-13)16(22)12-7-8-15(20(2)3)14(18)10-12/h7-8,10,13H,4-6,9,11H2,1-3H3,(H,19,23)/t13-/m0/s1. The van der Waals surface area contributed by atoms with E-state index in [0.29, 0.717) is 30.9 Å². The van der Waals surface area contributed by atoms with Crippen LogP contribution in [0.25, 0.3) is 0 Å². The summed E-state index contributed by atoms with van der Waals surface area (Å²) in [4.78, 5) is 27.4. The zero-order valence-electron chi connectivity index (χ0n) is 14.3. The molecular weight excluding hydrogens is 313 g/mol. The molecule has 1 N–H and O–H groups in total. The Morgan fingerprint density at radius 3 is 2.79 bits per heavy atom. The zero-order chi connectivity index (χ0) is 17.7. The number of hydrogen-bond donors (Lipinski definition) is 1. The summed E-state index contributed by atoms with van der Waals surface area (Å²) in [5.41, 5.74) is 0.752. The molecule has 0 aromatic heterocycles. The second kappa shape index (κ2) is 7.99. The maximum atomic E-state index is 14.1. The normalized spacial score (nSPS) is 17.3. The molecule has 7 heteroatoms. The van der Waals surface area contributed by atoms with Gasteiger partial charge in [-0.25, -0.2) is 9.18 Å². The van der Waals surface area contributed by atoms with Gasteiger partial charge in [0.2, 0.25) is 0 Å². The molecule has 1 aromatic carbocycles. The molecule has 24 heavy (non-hydrogen) atoms. The van der Waals surface area contributed by atoms with Crippen molar-refractivity contribution in [3.8, 4) is 0 Å². The van der Waals surface area contributed by atoms with Crippen molar-refractivity contribution in [3.05, 3.63) is 29.6 Å². The number of halogens is 1. The Morgan fingerprint density at radius 2 is 2.17 bits per heavy atom. The highest BCUT2D eigenvalue weighted by Gasteiger charge is 2.26. The fourth-order valence-corrected chi connectivity index (χ4v) is 2.80. The first-order valence-electron chi connectivity index (χ1n) is 8.11. The maximum Gasteiger partial charge on any atom is 0.407 e. The molecule has 2 rings (SSSR count). The van der Waals surface area contributed by atoms with Crippen molar-refractivity contribution < 1.29 is 18.7 Å². The monoisotopic (exact) mass is 337 g/mol. The van der Waals surface area contributed by atoms with Gasteiger partial charge in [0, 0.05) is 38.8 Å². The van der Waals surface area contributed by atoms with E-state index in [2.05, 4.69) is 5.32 Å². The lowest BCUT2D eigenvalue weighted by atomic mass is 10.0. The number of ether oxygens (including phenoxy) is 1. The molecule has 0 unspecified atom stereocenters. The van der Waals surface area contributed by atoms with Crippen LogP contribution in [0.15, 0.2) is 18.2 Å². The average Bonchev–Trinajstić information content (AvgIpc) is 2.54. The minimum atomic E-state index is -0.474. The van der Waals surface area contributed by atoms with E-state index in [1.165, 1.54) is 6.07 Å². The summed E-state index contributed by atoms with van der Waals surface area (Å²) in [6.45, 7) is 3.03. The fraction of sp³-hybridized carbons (Fsp3) is 0.529. The van der Waals surface area contributed by atoms with Crippen LogP contribution < -0.4 is 10.2 Å². The zero-order valence-corrected chi connectivity index (χ0v) is 14.3. The van der Waals surface area contributed by atoms with E-state index in [9.17, 15) is 14.0 Å². The number of anilines is 1. The predicted molar refractivity (Wildman–Crippen MR) is 89.8 cm³/mol. The summed E-state index contributed by atoms with van der Waals surface area (Å²) in [6.07, 6.45) is 1.09. The number of alkyl carbamates (subject to hydrolysis) is 1. The second-order valence-corrected chi connectivity index (χ2v) is 6.02. The van der Waals surface area contributed by atoms with Gasteiger partial charge in [0.05, 0.1) is 12.3 Å². The van der Waals surface area contributed by atoms with E-state index >= 15 is 0 Å². The highest BCUT2D eigenvalue weighted by molar-refractivity contribution is 5.94. The van der Waals surface area contributed by atoms with Crippen LogP contribution in [-0.4, -0.2) is 56.7 Å². The van der Waals surface area contributed by atoms with Gasteiger partial charge in [0.25, 0.3) is 5.91 Å². The van der Waals surface area contributed by atoms with E-state index in [0.717, 1.165) is 12.8 Å². The van der Waals surface area contributed by atoms with Crippen molar-refractivity contribution in [2.45, 2.75) is 25.8 Å². The lowest BCUT2D eigenvalue weighted by Gasteiger charge is -2.33. The van der Waals surface area contributed by atoms with Crippen molar-refractivity contribution in [2.24, 2.45) is 0 Å². The van der Waals surface area contributed by atoms with Gasteiger partial charge >= 0.3 is 6.09 Å². The van der Waals surface area contributed by atoms with Crippen LogP contribution in [0, 0.1) is 5.82 Å². The van der Waals surface area contributed by atoms with E-state index in [4.69, 9.17) is 4.74 Å². The molecule has 132 valence electrons. The highest BCUT2D eigenvalue weighted by atomic mass is 19.1. The molecule has 1 aromatic rings. The molecule has 1 aliphatic rings. The summed E-state index contributed by atoms with van der Waals surface area (Å²) < 4.78 is 18.9. The minimum absolute atomic E-state index is 0.146. The number of amides is 2. The van der Waals surface area contributed by atoms with Gasteiger partial charge in [0.1, 0.15) is 5.82 Å². The number of carbonyl (C=O) groups is 2. The maximum absolute atomic E-state index is 14.1. The number of benzene rings is 1. The number of rotatable bonds is 4. The third kappa shape index (κ3) is 4.37. The Morgan fingerprint density at radius 1 is 1.42 bits per heavy atom. The SMILES string of the molecule is CCOC(=O)N[C@H]1CCCN(C(=O)c2ccc(N(C)C)c(F)c2)C1. The topological polar surface area (TPSA) is 61.9 Å². The number of nitrogens with zero attached hydrogens (tertiary/aromatic N) is 2. The number of hydrogen-bond acceptors (Lipinski definition) is 4. The molecule has 0 radical (unpaired) electrons. The van der Waals surface area contributed by atoms with Gasteiger partial charge in [-0.05, 0) is 38.0 Å². The quantitative estimate of drug-likeness (QED) is 0.915. The van der Waals surface area contributed by atoms with Crippen LogP contribution in [0.5, 0.6) is 0 Å². The van der Waals surface area contributed by atoms with Gasteiger partial charge in [-0.3, -0.25) is 4.79 Å².